The zero-order chi connectivity index (χ0) is 15.0. The van der Waals surface area contributed by atoms with Crippen molar-refractivity contribution in [2.45, 2.75) is 33.7 Å². The Morgan fingerprint density at radius 3 is 2.55 bits per heavy atom. The van der Waals surface area contributed by atoms with E-state index in [4.69, 9.17) is 4.74 Å². The van der Waals surface area contributed by atoms with Crippen molar-refractivity contribution in [1.29, 1.82) is 0 Å². The molecule has 4 heteroatoms. The van der Waals surface area contributed by atoms with Crippen LogP contribution < -0.4 is 10.2 Å². The van der Waals surface area contributed by atoms with Gasteiger partial charge in [-0.1, -0.05) is 20.8 Å². The van der Waals surface area contributed by atoms with Crippen LogP contribution in [0.2, 0.25) is 0 Å². The van der Waals surface area contributed by atoms with Gasteiger partial charge >= 0.3 is 0 Å². The van der Waals surface area contributed by atoms with Crippen LogP contribution in [0.1, 0.15) is 39.4 Å². The highest BCUT2D eigenvalue weighted by molar-refractivity contribution is 5.44. The van der Waals surface area contributed by atoms with E-state index in [1.165, 1.54) is 5.69 Å². The van der Waals surface area contributed by atoms with Crippen LogP contribution in [0.15, 0.2) is 18.3 Å². The molecule has 1 N–H and O–H groups in total. The third-order valence-electron chi connectivity index (χ3n) is 3.24. The standard InChI is InChI=1S/C16H29N3O/c1-6-17-14(4)16-8-7-15(11-18-16)19(9-10-20-5)12-13(2)3/h7-8,11,13-14,17H,6,9-10,12H2,1-5H3. The Balaban J connectivity index is 2.75. The fraction of sp³-hybridized carbons (Fsp3) is 0.688. The number of rotatable bonds is 9. The monoisotopic (exact) mass is 279 g/mol. The van der Waals surface area contributed by atoms with Crippen molar-refractivity contribution in [2.75, 3.05) is 38.3 Å². The van der Waals surface area contributed by atoms with Crippen LogP contribution in [0.25, 0.3) is 0 Å². The van der Waals surface area contributed by atoms with Crippen LogP contribution in [0.5, 0.6) is 0 Å². The van der Waals surface area contributed by atoms with E-state index >= 15 is 0 Å². The average molecular weight is 279 g/mol. The fourth-order valence-electron chi connectivity index (χ4n) is 2.22. The highest BCUT2D eigenvalue weighted by Gasteiger charge is 2.10. The van der Waals surface area contributed by atoms with Gasteiger partial charge in [0.05, 0.1) is 24.2 Å². The number of hydrogen-bond donors (Lipinski definition) is 1. The molecule has 0 aliphatic heterocycles. The summed E-state index contributed by atoms with van der Waals surface area (Å²) in [4.78, 5) is 6.92. The van der Waals surface area contributed by atoms with Crippen molar-refractivity contribution in [2.24, 2.45) is 5.92 Å². The van der Waals surface area contributed by atoms with E-state index in [2.05, 4.69) is 55.0 Å². The Labute approximate surface area is 123 Å². The molecule has 114 valence electrons. The third kappa shape index (κ3) is 5.47. The number of nitrogens with zero attached hydrogens (tertiary/aromatic N) is 2. The predicted octanol–water partition coefficient (Wildman–Crippen LogP) is 2.86. The normalized spacial score (nSPS) is 12.7. The summed E-state index contributed by atoms with van der Waals surface area (Å²) in [6, 6.07) is 4.57. The summed E-state index contributed by atoms with van der Waals surface area (Å²) < 4.78 is 5.20. The molecule has 1 unspecified atom stereocenters. The summed E-state index contributed by atoms with van der Waals surface area (Å²) in [7, 11) is 1.74. The molecule has 0 amide bonds. The minimum Gasteiger partial charge on any atom is -0.383 e. The van der Waals surface area contributed by atoms with Gasteiger partial charge in [-0.2, -0.15) is 0 Å². The van der Waals surface area contributed by atoms with Crippen LogP contribution in [0, 0.1) is 5.92 Å². The Morgan fingerprint density at radius 1 is 1.30 bits per heavy atom. The van der Waals surface area contributed by atoms with Crippen molar-refractivity contribution in [3.05, 3.63) is 24.0 Å². The lowest BCUT2D eigenvalue weighted by molar-refractivity contribution is 0.204. The molecule has 0 aromatic carbocycles. The Bertz CT molecular complexity index is 364. The molecule has 0 saturated heterocycles. The Morgan fingerprint density at radius 2 is 2.05 bits per heavy atom. The molecule has 1 rings (SSSR count). The van der Waals surface area contributed by atoms with Gasteiger partial charge in [0.25, 0.3) is 0 Å². The first-order valence-corrected chi connectivity index (χ1v) is 7.51. The molecule has 1 atom stereocenters. The molecule has 1 aromatic rings. The number of pyridine rings is 1. The largest absolute Gasteiger partial charge is 0.383 e. The topological polar surface area (TPSA) is 37.4 Å². The smallest absolute Gasteiger partial charge is 0.0637 e. The number of nitrogens with one attached hydrogen (secondary N) is 1. The lowest BCUT2D eigenvalue weighted by atomic mass is 10.1. The van der Waals surface area contributed by atoms with Gasteiger partial charge in [0.2, 0.25) is 0 Å². The van der Waals surface area contributed by atoms with Crippen LogP contribution in [0.4, 0.5) is 5.69 Å². The van der Waals surface area contributed by atoms with Gasteiger partial charge < -0.3 is 15.0 Å². The third-order valence-corrected chi connectivity index (χ3v) is 3.24. The molecule has 0 saturated carbocycles. The van der Waals surface area contributed by atoms with E-state index in [0.29, 0.717) is 12.0 Å². The van der Waals surface area contributed by atoms with Gasteiger partial charge in [0.15, 0.2) is 0 Å². The molecule has 0 spiro atoms. The second-order valence-electron chi connectivity index (χ2n) is 5.55. The lowest BCUT2D eigenvalue weighted by Gasteiger charge is -2.26. The summed E-state index contributed by atoms with van der Waals surface area (Å²) in [6.45, 7) is 12.3. The molecule has 4 nitrogen and oxygen atoms in total. The van der Waals surface area contributed by atoms with E-state index in [1.807, 2.05) is 6.20 Å². The van der Waals surface area contributed by atoms with Crippen LogP contribution in [0.3, 0.4) is 0 Å². The molecule has 20 heavy (non-hydrogen) atoms. The van der Waals surface area contributed by atoms with E-state index in [9.17, 15) is 0 Å². The summed E-state index contributed by atoms with van der Waals surface area (Å²) in [5.41, 5.74) is 2.26. The molecule has 0 aliphatic rings. The van der Waals surface area contributed by atoms with E-state index in [-0.39, 0.29) is 0 Å². The van der Waals surface area contributed by atoms with Gasteiger partial charge in [-0.3, -0.25) is 4.98 Å². The van der Waals surface area contributed by atoms with Gasteiger partial charge in [-0.15, -0.1) is 0 Å². The summed E-state index contributed by atoms with van der Waals surface area (Å²) in [6.07, 6.45) is 1.97. The van der Waals surface area contributed by atoms with Gasteiger partial charge in [0.1, 0.15) is 0 Å². The fourth-order valence-corrected chi connectivity index (χ4v) is 2.22. The number of hydrogen-bond acceptors (Lipinski definition) is 4. The molecule has 0 radical (unpaired) electrons. The van der Waals surface area contributed by atoms with Gasteiger partial charge in [-0.05, 0) is 31.5 Å². The minimum absolute atomic E-state index is 0.298. The second-order valence-corrected chi connectivity index (χ2v) is 5.55. The number of methoxy groups -OCH3 is 1. The van der Waals surface area contributed by atoms with Crippen LogP contribution in [-0.4, -0.2) is 38.3 Å². The summed E-state index contributed by atoms with van der Waals surface area (Å²) >= 11 is 0. The van der Waals surface area contributed by atoms with E-state index in [1.54, 1.807) is 7.11 Å². The first-order chi connectivity index (χ1) is 9.58. The van der Waals surface area contributed by atoms with E-state index < -0.39 is 0 Å². The minimum atomic E-state index is 0.298. The Kier molecular flexibility index (Phi) is 7.55. The number of aromatic nitrogens is 1. The van der Waals surface area contributed by atoms with E-state index in [0.717, 1.165) is 31.9 Å². The maximum atomic E-state index is 5.20. The number of anilines is 1. The van der Waals surface area contributed by atoms with Crippen LogP contribution in [-0.2, 0) is 4.74 Å². The molecular weight excluding hydrogens is 250 g/mol. The zero-order valence-electron chi connectivity index (χ0n) is 13.5. The van der Waals surface area contributed by atoms with Crippen molar-refractivity contribution in [3.8, 4) is 0 Å². The summed E-state index contributed by atoms with van der Waals surface area (Å²) in [5, 5.41) is 3.38. The first kappa shape index (κ1) is 16.9. The van der Waals surface area contributed by atoms with Crippen LogP contribution >= 0.6 is 0 Å². The Hall–Kier alpha value is -1.13. The molecule has 0 fully saturated rings. The molecular formula is C16H29N3O. The first-order valence-electron chi connectivity index (χ1n) is 7.51. The molecule has 0 aliphatic carbocycles. The van der Waals surface area contributed by atoms with Crippen molar-refractivity contribution >= 4 is 5.69 Å². The predicted molar refractivity (Wildman–Crippen MR) is 85.3 cm³/mol. The zero-order valence-corrected chi connectivity index (χ0v) is 13.5. The van der Waals surface area contributed by atoms with Crippen molar-refractivity contribution in [3.63, 3.8) is 0 Å². The maximum absolute atomic E-state index is 5.20. The SMILES string of the molecule is CCNC(C)c1ccc(N(CCOC)CC(C)C)cn1. The van der Waals surface area contributed by atoms with Crippen molar-refractivity contribution in [1.82, 2.24) is 10.3 Å². The maximum Gasteiger partial charge on any atom is 0.0637 e. The highest BCUT2D eigenvalue weighted by atomic mass is 16.5. The second kappa shape index (κ2) is 8.93. The molecule has 1 heterocycles. The molecule has 1 aromatic heterocycles. The van der Waals surface area contributed by atoms with Crippen molar-refractivity contribution < 1.29 is 4.74 Å². The quantitative estimate of drug-likeness (QED) is 0.754. The van der Waals surface area contributed by atoms with Gasteiger partial charge in [-0.25, -0.2) is 0 Å². The number of ether oxygens (including phenoxy) is 1. The summed E-state index contributed by atoms with van der Waals surface area (Å²) in [5.74, 6) is 0.618. The highest BCUT2D eigenvalue weighted by Crippen LogP contribution is 2.17. The molecule has 0 bridgehead atoms. The lowest BCUT2D eigenvalue weighted by Crippen LogP contribution is -2.31. The van der Waals surface area contributed by atoms with Gasteiger partial charge in [0, 0.05) is 26.2 Å². The average Bonchev–Trinajstić information content (AvgIpc) is 2.43.